The number of hydrogen-bond donors (Lipinski definition) is 3. The third-order valence-electron chi connectivity index (χ3n) is 1.95. The Hall–Kier alpha value is -0.870. The van der Waals surface area contributed by atoms with Gasteiger partial charge in [-0.2, -0.15) is 13.2 Å². The van der Waals surface area contributed by atoms with Gasteiger partial charge in [-0.1, -0.05) is 0 Å². The maximum absolute atomic E-state index is 12.3. The van der Waals surface area contributed by atoms with Crippen LogP contribution in [-0.2, 0) is 14.8 Å². The molecule has 0 aliphatic carbocycles. The quantitative estimate of drug-likeness (QED) is 0.562. The van der Waals surface area contributed by atoms with Crippen molar-refractivity contribution >= 4 is 15.9 Å². The molecule has 1 amide bonds. The normalized spacial score (nSPS) is 16.4. The van der Waals surface area contributed by atoms with E-state index < -0.39 is 33.4 Å². The van der Waals surface area contributed by atoms with Gasteiger partial charge in [0.15, 0.2) is 5.54 Å². The molecular weight excluding hydrogens is 263 g/mol. The number of nitrogens with one attached hydrogen (secondary N) is 1. The molecule has 0 saturated heterocycles. The number of sulfonamides is 1. The monoisotopic (exact) mass is 277 g/mol. The molecule has 10 heteroatoms. The molecule has 0 heterocycles. The topological polar surface area (TPSA) is 115 Å². The van der Waals surface area contributed by atoms with Crippen molar-refractivity contribution in [2.45, 2.75) is 25.1 Å². The van der Waals surface area contributed by atoms with Crippen LogP contribution >= 0.6 is 0 Å². The lowest BCUT2D eigenvalue weighted by Crippen LogP contribution is -2.61. The minimum atomic E-state index is -4.88. The van der Waals surface area contributed by atoms with E-state index in [1.807, 2.05) is 5.32 Å². The SMILES string of the molecule is CC(N)(C(=O)NCCCS(N)(=O)=O)C(F)(F)F. The van der Waals surface area contributed by atoms with Crippen molar-refractivity contribution in [1.29, 1.82) is 0 Å². The molecule has 0 bridgehead atoms. The molecule has 0 spiro atoms. The first-order valence-corrected chi connectivity index (χ1v) is 6.24. The van der Waals surface area contributed by atoms with Gasteiger partial charge in [0, 0.05) is 6.54 Å². The first-order valence-electron chi connectivity index (χ1n) is 4.52. The van der Waals surface area contributed by atoms with Gasteiger partial charge >= 0.3 is 6.18 Å². The van der Waals surface area contributed by atoms with Crippen LogP contribution in [0.5, 0.6) is 0 Å². The maximum Gasteiger partial charge on any atom is 0.415 e. The summed E-state index contributed by atoms with van der Waals surface area (Å²) in [7, 11) is -3.69. The molecule has 17 heavy (non-hydrogen) atoms. The zero-order valence-corrected chi connectivity index (χ0v) is 9.86. The van der Waals surface area contributed by atoms with E-state index in [2.05, 4.69) is 5.14 Å². The van der Waals surface area contributed by atoms with Gasteiger partial charge in [-0.05, 0) is 13.3 Å². The van der Waals surface area contributed by atoms with Crippen molar-refractivity contribution in [2.75, 3.05) is 12.3 Å². The van der Waals surface area contributed by atoms with Gasteiger partial charge in [-0.3, -0.25) is 4.79 Å². The Morgan fingerprint density at radius 1 is 1.35 bits per heavy atom. The summed E-state index contributed by atoms with van der Waals surface area (Å²) in [6.45, 7) is 0.278. The lowest BCUT2D eigenvalue weighted by Gasteiger charge is -2.26. The van der Waals surface area contributed by atoms with Crippen LogP contribution in [0.3, 0.4) is 0 Å². The molecule has 0 aromatic rings. The van der Waals surface area contributed by atoms with Gasteiger partial charge < -0.3 is 11.1 Å². The van der Waals surface area contributed by atoms with E-state index in [9.17, 15) is 26.4 Å². The number of rotatable bonds is 5. The van der Waals surface area contributed by atoms with E-state index in [4.69, 9.17) is 5.73 Å². The highest BCUT2D eigenvalue weighted by molar-refractivity contribution is 7.89. The number of hydrogen-bond acceptors (Lipinski definition) is 4. The van der Waals surface area contributed by atoms with Crippen LogP contribution in [-0.4, -0.2) is 38.3 Å². The number of amides is 1. The fraction of sp³-hybridized carbons (Fsp3) is 0.857. The first-order chi connectivity index (χ1) is 7.38. The van der Waals surface area contributed by atoms with Gasteiger partial charge in [0.1, 0.15) is 0 Å². The highest BCUT2D eigenvalue weighted by atomic mass is 32.2. The lowest BCUT2D eigenvalue weighted by molar-refractivity contribution is -0.187. The standard InChI is InChI=1S/C7H14F3N3O3S/c1-6(11,7(8,9)10)5(14)13-3-2-4-17(12,15)16/h2-4,11H2,1H3,(H,13,14)(H2,12,15,16). The van der Waals surface area contributed by atoms with Crippen LogP contribution in [0.1, 0.15) is 13.3 Å². The van der Waals surface area contributed by atoms with Crippen molar-refractivity contribution in [1.82, 2.24) is 5.32 Å². The van der Waals surface area contributed by atoms with E-state index in [0.717, 1.165) is 0 Å². The number of nitrogens with two attached hydrogens (primary N) is 2. The van der Waals surface area contributed by atoms with E-state index >= 15 is 0 Å². The molecule has 0 aromatic heterocycles. The minimum Gasteiger partial charge on any atom is -0.354 e. The second-order valence-corrected chi connectivity index (χ2v) is 5.41. The van der Waals surface area contributed by atoms with Gasteiger partial charge in [0.05, 0.1) is 5.75 Å². The summed E-state index contributed by atoms with van der Waals surface area (Å²) in [5.41, 5.74) is 1.82. The predicted octanol–water partition coefficient (Wildman–Crippen LogP) is -0.939. The Morgan fingerprint density at radius 2 is 1.82 bits per heavy atom. The van der Waals surface area contributed by atoms with Crippen LogP contribution in [0.2, 0.25) is 0 Å². The van der Waals surface area contributed by atoms with E-state index in [1.54, 1.807) is 0 Å². The summed E-state index contributed by atoms with van der Waals surface area (Å²) in [5.74, 6) is -1.85. The third-order valence-corrected chi connectivity index (χ3v) is 2.81. The van der Waals surface area contributed by atoms with Gasteiger partial charge in [0.25, 0.3) is 0 Å². The first kappa shape index (κ1) is 16.1. The maximum atomic E-state index is 12.3. The van der Waals surface area contributed by atoms with Crippen LogP contribution in [0.25, 0.3) is 0 Å². The number of carbonyl (C=O) groups is 1. The Bertz CT molecular complexity index is 378. The van der Waals surface area contributed by atoms with Gasteiger partial charge in [-0.15, -0.1) is 0 Å². The molecule has 0 radical (unpaired) electrons. The summed E-state index contributed by atoms with van der Waals surface area (Å²) < 4.78 is 57.8. The molecule has 1 unspecified atom stereocenters. The fourth-order valence-electron chi connectivity index (χ4n) is 0.788. The molecule has 6 nitrogen and oxygen atoms in total. The number of alkyl halides is 3. The Labute approximate surface area is 96.6 Å². The summed E-state index contributed by atoms with van der Waals surface area (Å²) in [5, 5.41) is 6.56. The molecule has 0 fully saturated rings. The zero-order chi connectivity index (χ0) is 13.9. The van der Waals surface area contributed by atoms with Crippen LogP contribution in [0, 0.1) is 0 Å². The zero-order valence-electron chi connectivity index (χ0n) is 9.04. The van der Waals surface area contributed by atoms with Crippen molar-refractivity contribution in [3.8, 4) is 0 Å². The van der Waals surface area contributed by atoms with Crippen molar-refractivity contribution < 1.29 is 26.4 Å². The molecular formula is C7H14F3N3O3S. The molecule has 5 N–H and O–H groups in total. The number of carbonyl (C=O) groups excluding carboxylic acids is 1. The molecule has 102 valence electrons. The average molecular weight is 277 g/mol. The Kier molecular flexibility index (Phi) is 4.92. The molecule has 0 saturated carbocycles. The smallest absolute Gasteiger partial charge is 0.354 e. The Balaban J connectivity index is 4.21. The van der Waals surface area contributed by atoms with Gasteiger partial charge in [0.2, 0.25) is 15.9 Å². The van der Waals surface area contributed by atoms with Crippen LogP contribution in [0.15, 0.2) is 0 Å². The number of primary sulfonamides is 1. The molecule has 1 atom stereocenters. The summed E-state index contributed by atoms with van der Waals surface area (Å²) in [6, 6.07) is 0. The Morgan fingerprint density at radius 3 is 2.18 bits per heavy atom. The molecule has 0 rings (SSSR count). The number of halogens is 3. The highest BCUT2D eigenvalue weighted by Crippen LogP contribution is 2.27. The average Bonchev–Trinajstić information content (AvgIpc) is 2.08. The predicted molar refractivity (Wildman–Crippen MR) is 54.2 cm³/mol. The van der Waals surface area contributed by atoms with Gasteiger partial charge in [-0.25, -0.2) is 13.6 Å². The summed E-state index contributed by atoms with van der Waals surface area (Å²) >= 11 is 0. The van der Waals surface area contributed by atoms with Crippen molar-refractivity contribution in [2.24, 2.45) is 10.9 Å². The van der Waals surface area contributed by atoms with E-state index in [1.165, 1.54) is 0 Å². The van der Waals surface area contributed by atoms with E-state index in [0.29, 0.717) is 6.92 Å². The van der Waals surface area contributed by atoms with Crippen LogP contribution in [0.4, 0.5) is 13.2 Å². The second kappa shape index (κ2) is 5.19. The summed E-state index contributed by atoms with van der Waals surface area (Å²) in [4.78, 5) is 11.1. The second-order valence-electron chi connectivity index (χ2n) is 3.68. The third kappa shape index (κ3) is 5.33. The van der Waals surface area contributed by atoms with Crippen molar-refractivity contribution in [3.05, 3.63) is 0 Å². The lowest BCUT2D eigenvalue weighted by atomic mass is 10.0. The molecule has 0 aromatic carbocycles. The largest absolute Gasteiger partial charge is 0.415 e. The summed E-state index contributed by atoms with van der Waals surface area (Å²) in [6.07, 6.45) is -4.96. The highest BCUT2D eigenvalue weighted by Gasteiger charge is 2.53. The molecule has 0 aliphatic rings. The van der Waals surface area contributed by atoms with E-state index in [-0.39, 0.29) is 13.0 Å². The van der Waals surface area contributed by atoms with Crippen LogP contribution < -0.4 is 16.2 Å². The van der Waals surface area contributed by atoms with Crippen molar-refractivity contribution in [3.63, 3.8) is 0 Å². The fourth-order valence-corrected chi connectivity index (χ4v) is 1.33. The minimum absolute atomic E-state index is 0.0848. The molecule has 0 aliphatic heterocycles.